The molecule has 2 rings (SSSR count). The minimum atomic E-state index is -0.822. The lowest BCUT2D eigenvalue weighted by Gasteiger charge is -2.13. The summed E-state index contributed by atoms with van der Waals surface area (Å²) in [5, 5.41) is 20.8. The molecule has 0 aromatic carbocycles. The highest BCUT2D eigenvalue weighted by atomic mass is 16.4. The summed E-state index contributed by atoms with van der Waals surface area (Å²) in [4.78, 5) is 14.7. The van der Waals surface area contributed by atoms with Gasteiger partial charge in [-0.15, -0.1) is 0 Å². The normalized spacial score (nSPS) is 22.1. The second-order valence-corrected chi connectivity index (χ2v) is 3.83. The predicted molar refractivity (Wildman–Crippen MR) is 61.2 cm³/mol. The summed E-state index contributed by atoms with van der Waals surface area (Å²) >= 11 is 0. The number of carboxylic acid groups (broad SMARTS) is 1. The monoisotopic (exact) mass is 229 g/mol. The fraction of sp³-hybridized carbons (Fsp3) is 0.250. The van der Waals surface area contributed by atoms with E-state index < -0.39 is 11.9 Å². The van der Waals surface area contributed by atoms with E-state index in [9.17, 15) is 4.79 Å². The number of nitrogens with zero attached hydrogens (tertiary/aromatic N) is 2. The van der Waals surface area contributed by atoms with Gasteiger partial charge >= 0.3 is 5.97 Å². The third kappa shape index (κ3) is 2.42. The molecule has 0 bridgehead atoms. The Morgan fingerprint density at radius 2 is 2.41 bits per heavy atom. The van der Waals surface area contributed by atoms with Crippen molar-refractivity contribution >= 4 is 11.7 Å². The zero-order valence-electron chi connectivity index (χ0n) is 9.00. The standard InChI is InChI=1S/C12H11N3O2/c13-7-11-10(2-1-5-14-11)15-9-4-3-8(6-9)12(16)17/h1-5,8-9,15H,6H2,(H,16,17). The van der Waals surface area contributed by atoms with E-state index in [0.29, 0.717) is 17.8 Å². The first kappa shape index (κ1) is 11.1. The highest BCUT2D eigenvalue weighted by Gasteiger charge is 2.24. The van der Waals surface area contributed by atoms with E-state index in [1.807, 2.05) is 12.1 Å². The Labute approximate surface area is 98.4 Å². The van der Waals surface area contributed by atoms with Crippen LogP contribution in [0.2, 0.25) is 0 Å². The molecule has 0 saturated heterocycles. The third-order valence-electron chi connectivity index (χ3n) is 2.66. The number of hydrogen-bond donors (Lipinski definition) is 2. The van der Waals surface area contributed by atoms with Crippen molar-refractivity contribution in [1.29, 1.82) is 5.26 Å². The summed E-state index contributed by atoms with van der Waals surface area (Å²) < 4.78 is 0. The van der Waals surface area contributed by atoms with Gasteiger partial charge in [-0.3, -0.25) is 4.79 Å². The van der Waals surface area contributed by atoms with Crippen LogP contribution in [0.25, 0.3) is 0 Å². The molecule has 1 aliphatic rings. The number of aliphatic carboxylic acids is 1. The molecule has 1 aromatic rings. The van der Waals surface area contributed by atoms with Crippen molar-refractivity contribution in [2.24, 2.45) is 5.92 Å². The number of rotatable bonds is 3. The van der Waals surface area contributed by atoms with Gasteiger partial charge in [0, 0.05) is 12.2 Å². The zero-order chi connectivity index (χ0) is 12.3. The molecular formula is C12H11N3O2. The lowest BCUT2D eigenvalue weighted by atomic mass is 10.1. The van der Waals surface area contributed by atoms with Gasteiger partial charge in [0.2, 0.25) is 0 Å². The summed E-state index contributed by atoms with van der Waals surface area (Å²) in [7, 11) is 0. The number of hydrogen-bond acceptors (Lipinski definition) is 4. The van der Waals surface area contributed by atoms with E-state index in [1.54, 1.807) is 24.4 Å². The van der Waals surface area contributed by atoms with Crippen molar-refractivity contribution < 1.29 is 9.90 Å². The van der Waals surface area contributed by atoms with Crippen LogP contribution in [0.3, 0.4) is 0 Å². The fourth-order valence-corrected chi connectivity index (χ4v) is 1.80. The maximum Gasteiger partial charge on any atom is 0.310 e. The molecule has 1 aromatic heterocycles. The van der Waals surface area contributed by atoms with Crippen LogP contribution in [0.15, 0.2) is 30.5 Å². The smallest absolute Gasteiger partial charge is 0.310 e. The van der Waals surface area contributed by atoms with Gasteiger partial charge in [0.15, 0.2) is 5.69 Å². The van der Waals surface area contributed by atoms with Crippen LogP contribution in [0, 0.1) is 17.2 Å². The molecule has 17 heavy (non-hydrogen) atoms. The van der Waals surface area contributed by atoms with Crippen molar-refractivity contribution in [2.75, 3.05) is 5.32 Å². The molecule has 2 unspecified atom stereocenters. The topological polar surface area (TPSA) is 86.0 Å². The number of carboxylic acids is 1. The molecule has 1 aliphatic carbocycles. The second-order valence-electron chi connectivity index (χ2n) is 3.83. The molecule has 0 radical (unpaired) electrons. The molecule has 5 heteroatoms. The van der Waals surface area contributed by atoms with Gasteiger partial charge in [0.25, 0.3) is 0 Å². The van der Waals surface area contributed by atoms with Gasteiger partial charge in [0.05, 0.1) is 11.6 Å². The molecule has 1 heterocycles. The van der Waals surface area contributed by atoms with E-state index in [1.165, 1.54) is 0 Å². The van der Waals surface area contributed by atoms with Crippen LogP contribution in [-0.2, 0) is 4.79 Å². The summed E-state index contributed by atoms with van der Waals surface area (Å²) in [6.07, 6.45) is 5.53. The molecule has 0 aliphatic heterocycles. The first-order valence-electron chi connectivity index (χ1n) is 5.23. The first-order chi connectivity index (χ1) is 8.20. The lowest BCUT2D eigenvalue weighted by molar-refractivity contribution is -0.140. The molecule has 5 nitrogen and oxygen atoms in total. The van der Waals surface area contributed by atoms with Crippen molar-refractivity contribution in [3.05, 3.63) is 36.2 Å². The quantitative estimate of drug-likeness (QED) is 0.765. The Balaban J connectivity index is 2.06. The Morgan fingerprint density at radius 3 is 3.06 bits per heavy atom. The Morgan fingerprint density at radius 1 is 1.59 bits per heavy atom. The zero-order valence-corrected chi connectivity index (χ0v) is 9.00. The van der Waals surface area contributed by atoms with Crippen LogP contribution < -0.4 is 5.32 Å². The number of aromatic nitrogens is 1. The van der Waals surface area contributed by atoms with Crippen molar-refractivity contribution in [3.8, 4) is 6.07 Å². The number of anilines is 1. The minimum absolute atomic E-state index is 0.0626. The SMILES string of the molecule is N#Cc1ncccc1NC1C=CC(C(=O)O)C1. The van der Waals surface area contributed by atoms with E-state index in [-0.39, 0.29) is 6.04 Å². The maximum absolute atomic E-state index is 10.8. The first-order valence-corrected chi connectivity index (χ1v) is 5.23. The van der Waals surface area contributed by atoms with Crippen LogP contribution in [0.1, 0.15) is 12.1 Å². The summed E-state index contributed by atoms with van der Waals surface area (Å²) in [5.41, 5.74) is 0.954. The maximum atomic E-state index is 10.8. The molecule has 0 saturated carbocycles. The third-order valence-corrected chi connectivity index (χ3v) is 2.66. The Kier molecular flexibility index (Phi) is 3.06. The van der Waals surface area contributed by atoms with Gasteiger partial charge in [-0.1, -0.05) is 12.2 Å². The van der Waals surface area contributed by atoms with Gasteiger partial charge in [0.1, 0.15) is 6.07 Å². The molecule has 0 spiro atoms. The van der Waals surface area contributed by atoms with Crippen LogP contribution >= 0.6 is 0 Å². The molecule has 0 fully saturated rings. The minimum Gasteiger partial charge on any atom is -0.481 e. The summed E-state index contributed by atoms with van der Waals surface area (Å²) in [5.74, 6) is -1.27. The Bertz CT molecular complexity index is 505. The van der Waals surface area contributed by atoms with Crippen LogP contribution in [0.4, 0.5) is 5.69 Å². The summed E-state index contributed by atoms with van der Waals surface area (Å²) in [6.45, 7) is 0. The molecular weight excluding hydrogens is 218 g/mol. The predicted octanol–water partition coefficient (Wildman–Crippen LogP) is 1.39. The number of nitriles is 1. The highest BCUT2D eigenvalue weighted by molar-refractivity contribution is 5.73. The number of carbonyl (C=O) groups is 1. The van der Waals surface area contributed by atoms with Crippen molar-refractivity contribution in [1.82, 2.24) is 4.98 Å². The van der Waals surface area contributed by atoms with Gasteiger partial charge in [-0.05, 0) is 18.6 Å². The second kappa shape index (κ2) is 4.66. The van der Waals surface area contributed by atoms with E-state index in [0.717, 1.165) is 0 Å². The molecule has 2 N–H and O–H groups in total. The van der Waals surface area contributed by atoms with Crippen LogP contribution in [-0.4, -0.2) is 22.1 Å². The average molecular weight is 229 g/mol. The molecule has 2 atom stereocenters. The highest BCUT2D eigenvalue weighted by Crippen LogP contribution is 2.22. The fourth-order valence-electron chi connectivity index (χ4n) is 1.80. The summed E-state index contributed by atoms with van der Waals surface area (Å²) in [6, 6.07) is 5.42. The number of pyridine rings is 1. The van der Waals surface area contributed by atoms with E-state index in [2.05, 4.69) is 10.3 Å². The van der Waals surface area contributed by atoms with Crippen LogP contribution in [0.5, 0.6) is 0 Å². The average Bonchev–Trinajstić information content (AvgIpc) is 2.78. The van der Waals surface area contributed by atoms with Gasteiger partial charge < -0.3 is 10.4 Å². The van der Waals surface area contributed by atoms with Crippen molar-refractivity contribution in [3.63, 3.8) is 0 Å². The Hall–Kier alpha value is -2.35. The molecule has 0 amide bonds. The van der Waals surface area contributed by atoms with Crippen molar-refractivity contribution in [2.45, 2.75) is 12.5 Å². The lowest BCUT2D eigenvalue weighted by Crippen LogP contribution is -2.19. The van der Waals surface area contributed by atoms with Gasteiger partial charge in [-0.2, -0.15) is 5.26 Å². The number of nitrogens with one attached hydrogen (secondary N) is 1. The van der Waals surface area contributed by atoms with E-state index in [4.69, 9.17) is 10.4 Å². The largest absolute Gasteiger partial charge is 0.481 e. The van der Waals surface area contributed by atoms with Gasteiger partial charge in [-0.25, -0.2) is 4.98 Å². The van der Waals surface area contributed by atoms with E-state index >= 15 is 0 Å². The molecule has 86 valence electrons.